The zero-order valence-electron chi connectivity index (χ0n) is 7.11. The first-order valence-corrected chi connectivity index (χ1v) is 3.76. The zero-order chi connectivity index (χ0) is 10.6. The number of pyridine rings is 1. The van der Waals surface area contributed by atoms with E-state index in [1.54, 1.807) is 0 Å². The van der Waals surface area contributed by atoms with Crippen molar-refractivity contribution in [3.05, 3.63) is 24.0 Å². The number of hydrogen-bond acceptors (Lipinski definition) is 3. The maximum Gasteiger partial charge on any atom is 0.272 e. The summed E-state index contributed by atoms with van der Waals surface area (Å²) in [5.74, 6) is -0.741. The van der Waals surface area contributed by atoms with Gasteiger partial charge in [-0.1, -0.05) is 0 Å². The van der Waals surface area contributed by atoms with E-state index < -0.39 is 18.9 Å². The van der Waals surface area contributed by atoms with Gasteiger partial charge in [-0.15, -0.1) is 0 Å². The number of carbonyl (C=O) groups excluding carboxylic acids is 1. The van der Waals surface area contributed by atoms with Gasteiger partial charge >= 0.3 is 0 Å². The Morgan fingerprint density at radius 3 is 2.93 bits per heavy atom. The molecule has 4 nitrogen and oxygen atoms in total. The topological polar surface area (TPSA) is 65.2 Å². The van der Waals surface area contributed by atoms with E-state index in [0.717, 1.165) is 0 Å². The Bertz CT molecular complexity index is 331. The van der Waals surface area contributed by atoms with E-state index in [2.05, 4.69) is 9.72 Å². The summed E-state index contributed by atoms with van der Waals surface area (Å²) in [5, 5.41) is 0. The summed E-state index contributed by atoms with van der Waals surface area (Å²) < 4.78 is 28.3. The molecule has 76 valence electrons. The van der Waals surface area contributed by atoms with E-state index in [1.807, 2.05) is 0 Å². The summed E-state index contributed by atoms with van der Waals surface area (Å²) in [5.41, 5.74) is 4.97. The van der Waals surface area contributed by atoms with Crippen LogP contribution in [0.4, 0.5) is 8.78 Å². The van der Waals surface area contributed by atoms with Crippen LogP contribution in [-0.2, 0) is 0 Å². The molecule has 14 heavy (non-hydrogen) atoms. The van der Waals surface area contributed by atoms with Gasteiger partial charge in [-0.25, -0.2) is 8.78 Å². The molecule has 0 aliphatic heterocycles. The maximum atomic E-state index is 11.8. The van der Waals surface area contributed by atoms with Crippen LogP contribution in [-0.4, -0.2) is 23.9 Å². The molecule has 0 fully saturated rings. The maximum absolute atomic E-state index is 11.8. The highest BCUT2D eigenvalue weighted by molar-refractivity contribution is 5.95. The predicted molar refractivity (Wildman–Crippen MR) is 44.3 cm³/mol. The Balaban J connectivity index is 2.79. The molecule has 0 saturated carbocycles. The smallest absolute Gasteiger partial charge is 0.272 e. The van der Waals surface area contributed by atoms with Gasteiger partial charge in [0.05, 0.1) is 5.56 Å². The number of aromatic nitrogens is 1. The number of amides is 1. The third kappa shape index (κ3) is 2.65. The van der Waals surface area contributed by atoms with Gasteiger partial charge in [0.2, 0.25) is 0 Å². The van der Waals surface area contributed by atoms with Gasteiger partial charge in [0.15, 0.2) is 0 Å². The Kier molecular flexibility index (Phi) is 3.33. The van der Waals surface area contributed by atoms with Gasteiger partial charge in [0.1, 0.15) is 12.4 Å². The van der Waals surface area contributed by atoms with Crippen LogP contribution in [0.3, 0.4) is 0 Å². The highest BCUT2D eigenvalue weighted by Crippen LogP contribution is 2.16. The van der Waals surface area contributed by atoms with Crippen molar-refractivity contribution in [2.75, 3.05) is 6.61 Å². The largest absolute Gasteiger partial charge is 0.487 e. The van der Waals surface area contributed by atoms with Gasteiger partial charge in [-0.05, 0) is 6.07 Å². The van der Waals surface area contributed by atoms with Crippen LogP contribution in [0.25, 0.3) is 0 Å². The van der Waals surface area contributed by atoms with Gasteiger partial charge in [0, 0.05) is 12.4 Å². The molecule has 0 atom stereocenters. The predicted octanol–water partition coefficient (Wildman–Crippen LogP) is 0.824. The molecule has 6 heteroatoms. The average molecular weight is 202 g/mol. The van der Waals surface area contributed by atoms with E-state index in [1.165, 1.54) is 18.5 Å². The molecule has 0 aliphatic rings. The Labute approximate surface area is 78.7 Å². The second-order valence-corrected chi connectivity index (χ2v) is 2.44. The van der Waals surface area contributed by atoms with Crippen molar-refractivity contribution in [1.29, 1.82) is 0 Å². The van der Waals surface area contributed by atoms with Crippen molar-refractivity contribution in [2.24, 2.45) is 5.73 Å². The first-order valence-electron chi connectivity index (χ1n) is 3.76. The summed E-state index contributed by atoms with van der Waals surface area (Å²) in [4.78, 5) is 14.4. The number of nitrogens with two attached hydrogens (primary N) is 1. The first kappa shape index (κ1) is 10.4. The van der Waals surface area contributed by atoms with Gasteiger partial charge in [-0.3, -0.25) is 9.78 Å². The average Bonchev–Trinajstić information content (AvgIpc) is 2.15. The van der Waals surface area contributed by atoms with Crippen LogP contribution in [0.5, 0.6) is 5.75 Å². The second kappa shape index (κ2) is 4.50. The lowest BCUT2D eigenvalue weighted by molar-refractivity contribution is 0.0800. The fourth-order valence-electron chi connectivity index (χ4n) is 0.845. The minimum absolute atomic E-state index is 0.00634. The standard InChI is InChI=1S/C8H8F2N2O2/c9-7(10)4-14-6-1-2-12-3-5(6)8(11)13/h1-3,7H,4H2,(H2,11,13). The SMILES string of the molecule is NC(=O)c1cnccc1OCC(F)F. The molecule has 1 aromatic rings. The van der Waals surface area contributed by atoms with E-state index >= 15 is 0 Å². The zero-order valence-corrected chi connectivity index (χ0v) is 7.11. The Morgan fingerprint density at radius 2 is 2.36 bits per heavy atom. The molecule has 0 aliphatic carbocycles. The number of alkyl halides is 2. The summed E-state index contributed by atoms with van der Waals surface area (Å²) in [7, 11) is 0. The van der Waals surface area contributed by atoms with Crippen molar-refractivity contribution >= 4 is 5.91 Å². The summed E-state index contributed by atoms with van der Waals surface area (Å²) in [6.45, 7) is -0.774. The monoisotopic (exact) mass is 202 g/mol. The molecule has 0 radical (unpaired) electrons. The van der Waals surface area contributed by atoms with Crippen LogP contribution in [0.1, 0.15) is 10.4 Å². The van der Waals surface area contributed by atoms with Crippen molar-refractivity contribution in [3.8, 4) is 5.75 Å². The number of rotatable bonds is 4. The third-order valence-electron chi connectivity index (χ3n) is 1.41. The molecule has 0 spiro atoms. The van der Waals surface area contributed by atoms with Crippen molar-refractivity contribution < 1.29 is 18.3 Å². The fourth-order valence-corrected chi connectivity index (χ4v) is 0.845. The molecule has 0 aromatic carbocycles. The molecular formula is C8H8F2N2O2. The molecule has 0 unspecified atom stereocenters. The number of ether oxygens (including phenoxy) is 1. The quantitative estimate of drug-likeness (QED) is 0.786. The molecule has 1 aromatic heterocycles. The molecule has 1 rings (SSSR count). The van der Waals surface area contributed by atoms with Crippen LogP contribution in [0.2, 0.25) is 0 Å². The number of carbonyl (C=O) groups is 1. The highest BCUT2D eigenvalue weighted by atomic mass is 19.3. The molecule has 0 saturated heterocycles. The fraction of sp³-hybridized carbons (Fsp3) is 0.250. The Morgan fingerprint density at radius 1 is 1.64 bits per heavy atom. The van der Waals surface area contributed by atoms with Crippen molar-refractivity contribution in [1.82, 2.24) is 4.98 Å². The van der Waals surface area contributed by atoms with Crippen LogP contribution >= 0.6 is 0 Å². The number of hydrogen-bond donors (Lipinski definition) is 1. The molecule has 2 N–H and O–H groups in total. The van der Waals surface area contributed by atoms with Gasteiger partial charge in [0.25, 0.3) is 12.3 Å². The van der Waals surface area contributed by atoms with E-state index in [0.29, 0.717) is 0 Å². The first-order chi connectivity index (χ1) is 6.61. The minimum Gasteiger partial charge on any atom is -0.487 e. The lowest BCUT2D eigenvalue weighted by Crippen LogP contribution is -2.15. The Hall–Kier alpha value is -1.72. The molecule has 1 amide bonds. The lowest BCUT2D eigenvalue weighted by Gasteiger charge is -2.07. The molecule has 0 bridgehead atoms. The van der Waals surface area contributed by atoms with Crippen molar-refractivity contribution in [2.45, 2.75) is 6.43 Å². The minimum atomic E-state index is -2.59. The van der Waals surface area contributed by atoms with E-state index in [4.69, 9.17) is 5.73 Å². The highest BCUT2D eigenvalue weighted by Gasteiger charge is 2.11. The molecule has 1 heterocycles. The third-order valence-corrected chi connectivity index (χ3v) is 1.41. The van der Waals surface area contributed by atoms with E-state index in [9.17, 15) is 13.6 Å². The van der Waals surface area contributed by atoms with Crippen LogP contribution < -0.4 is 10.5 Å². The van der Waals surface area contributed by atoms with Crippen LogP contribution in [0.15, 0.2) is 18.5 Å². The van der Waals surface area contributed by atoms with Gasteiger partial charge < -0.3 is 10.5 Å². The summed E-state index contributed by atoms with van der Waals surface area (Å²) in [6, 6.07) is 1.31. The number of primary amides is 1. The summed E-state index contributed by atoms with van der Waals surface area (Å²) in [6.07, 6.45) is -0.0972. The van der Waals surface area contributed by atoms with Crippen molar-refractivity contribution in [3.63, 3.8) is 0 Å². The normalized spacial score (nSPS) is 10.2. The van der Waals surface area contributed by atoms with E-state index in [-0.39, 0.29) is 11.3 Å². The second-order valence-electron chi connectivity index (χ2n) is 2.44. The summed E-state index contributed by atoms with van der Waals surface area (Å²) >= 11 is 0. The lowest BCUT2D eigenvalue weighted by atomic mass is 10.2. The number of halogens is 2. The molecular weight excluding hydrogens is 194 g/mol. The number of nitrogens with zero attached hydrogens (tertiary/aromatic N) is 1. The van der Waals surface area contributed by atoms with Crippen LogP contribution in [0, 0.1) is 0 Å². The van der Waals surface area contributed by atoms with Gasteiger partial charge in [-0.2, -0.15) is 0 Å².